The summed E-state index contributed by atoms with van der Waals surface area (Å²) < 4.78 is 2.10. The average Bonchev–Trinajstić information content (AvgIpc) is 2.53. The zero-order valence-electron chi connectivity index (χ0n) is 10.4. The second kappa shape index (κ2) is 3.81. The average molecular weight is 217 g/mol. The fraction of sp³-hybridized carbons (Fsp3) is 0.462. The number of nitrogens with one attached hydrogen (secondary N) is 1. The molecule has 0 radical (unpaired) electrons. The Morgan fingerprint density at radius 3 is 2.56 bits per heavy atom. The number of hydrogen-bond acceptors (Lipinski definition) is 2. The van der Waals surface area contributed by atoms with Crippen LogP contribution in [0.4, 0.5) is 5.95 Å². The molecule has 2 aromatic rings. The molecule has 3 nitrogen and oxygen atoms in total. The number of benzene rings is 1. The zero-order chi connectivity index (χ0) is 11.8. The first-order valence-corrected chi connectivity index (χ1v) is 5.63. The van der Waals surface area contributed by atoms with E-state index in [0.29, 0.717) is 0 Å². The molecule has 1 heterocycles. The third kappa shape index (κ3) is 2.18. The van der Waals surface area contributed by atoms with Crippen LogP contribution in [0.15, 0.2) is 24.3 Å². The Balaban J connectivity index is 2.28. The van der Waals surface area contributed by atoms with Gasteiger partial charge in [-0.05, 0) is 17.5 Å². The molecule has 0 unspecified atom stereocenters. The highest BCUT2D eigenvalue weighted by atomic mass is 15.2. The Hall–Kier alpha value is -1.51. The second-order valence-corrected chi connectivity index (χ2v) is 5.40. The summed E-state index contributed by atoms with van der Waals surface area (Å²) >= 11 is 0. The highest BCUT2D eigenvalue weighted by Gasteiger charge is 2.12. The summed E-state index contributed by atoms with van der Waals surface area (Å²) in [5.74, 6) is 0.941. The second-order valence-electron chi connectivity index (χ2n) is 5.40. The molecule has 86 valence electrons. The van der Waals surface area contributed by atoms with Crippen molar-refractivity contribution in [2.75, 3.05) is 11.9 Å². The number of nitrogens with zero attached hydrogens (tertiary/aromatic N) is 2. The van der Waals surface area contributed by atoms with Crippen molar-refractivity contribution in [3.05, 3.63) is 24.3 Å². The van der Waals surface area contributed by atoms with E-state index in [-0.39, 0.29) is 5.41 Å². The molecular weight excluding hydrogens is 198 g/mol. The van der Waals surface area contributed by atoms with E-state index >= 15 is 0 Å². The Bertz CT molecular complexity index is 491. The van der Waals surface area contributed by atoms with Gasteiger partial charge in [0.05, 0.1) is 11.0 Å². The van der Waals surface area contributed by atoms with Crippen molar-refractivity contribution in [2.45, 2.75) is 20.8 Å². The third-order valence-electron chi connectivity index (χ3n) is 2.56. The van der Waals surface area contributed by atoms with Gasteiger partial charge in [-0.25, -0.2) is 4.98 Å². The largest absolute Gasteiger partial charge is 0.355 e. The number of para-hydroxylation sites is 2. The molecule has 0 aliphatic heterocycles. The summed E-state index contributed by atoms with van der Waals surface area (Å²) in [6.45, 7) is 7.55. The number of aryl methyl sites for hydroxylation is 1. The van der Waals surface area contributed by atoms with E-state index in [1.807, 2.05) is 25.2 Å². The van der Waals surface area contributed by atoms with Crippen LogP contribution in [0.1, 0.15) is 20.8 Å². The molecule has 0 bridgehead atoms. The van der Waals surface area contributed by atoms with Gasteiger partial charge in [-0.15, -0.1) is 0 Å². The van der Waals surface area contributed by atoms with Crippen molar-refractivity contribution in [2.24, 2.45) is 12.5 Å². The fourth-order valence-electron chi connectivity index (χ4n) is 1.65. The van der Waals surface area contributed by atoms with Gasteiger partial charge in [0.2, 0.25) is 5.95 Å². The summed E-state index contributed by atoms with van der Waals surface area (Å²) in [7, 11) is 2.04. The minimum Gasteiger partial charge on any atom is -0.355 e. The minimum absolute atomic E-state index is 0.262. The quantitative estimate of drug-likeness (QED) is 0.838. The SMILES string of the molecule is Cn1c(NCC(C)(C)C)nc2ccccc21. The van der Waals surface area contributed by atoms with E-state index in [1.165, 1.54) is 5.52 Å². The summed E-state index contributed by atoms with van der Waals surface area (Å²) in [5.41, 5.74) is 2.47. The van der Waals surface area contributed by atoms with Crippen LogP contribution in [0.25, 0.3) is 11.0 Å². The lowest BCUT2D eigenvalue weighted by Crippen LogP contribution is -2.20. The van der Waals surface area contributed by atoms with Crippen molar-refractivity contribution in [1.82, 2.24) is 9.55 Å². The van der Waals surface area contributed by atoms with Gasteiger partial charge >= 0.3 is 0 Å². The predicted molar refractivity (Wildman–Crippen MR) is 68.7 cm³/mol. The van der Waals surface area contributed by atoms with Crippen molar-refractivity contribution in [3.63, 3.8) is 0 Å². The molecular formula is C13H19N3. The zero-order valence-corrected chi connectivity index (χ0v) is 10.4. The van der Waals surface area contributed by atoms with Crippen LogP contribution < -0.4 is 5.32 Å². The van der Waals surface area contributed by atoms with E-state index < -0.39 is 0 Å². The van der Waals surface area contributed by atoms with Crippen molar-refractivity contribution >= 4 is 17.0 Å². The summed E-state index contributed by atoms with van der Waals surface area (Å²) in [4.78, 5) is 4.57. The van der Waals surface area contributed by atoms with Gasteiger partial charge in [0.25, 0.3) is 0 Å². The maximum Gasteiger partial charge on any atom is 0.203 e. The van der Waals surface area contributed by atoms with Crippen LogP contribution in [0.5, 0.6) is 0 Å². The molecule has 0 spiro atoms. The van der Waals surface area contributed by atoms with Crippen LogP contribution in [0.2, 0.25) is 0 Å². The first-order chi connectivity index (χ1) is 7.47. The normalized spacial score (nSPS) is 12.0. The molecule has 0 aliphatic rings. The number of fused-ring (bicyclic) bond motifs is 1. The smallest absolute Gasteiger partial charge is 0.203 e. The van der Waals surface area contributed by atoms with Crippen molar-refractivity contribution in [3.8, 4) is 0 Å². The van der Waals surface area contributed by atoms with Crippen LogP contribution in [0, 0.1) is 5.41 Å². The van der Waals surface area contributed by atoms with Gasteiger partial charge in [-0.3, -0.25) is 0 Å². The van der Waals surface area contributed by atoms with E-state index in [9.17, 15) is 0 Å². The van der Waals surface area contributed by atoms with Gasteiger partial charge in [-0.2, -0.15) is 0 Å². The molecule has 3 heteroatoms. The molecule has 0 fully saturated rings. The predicted octanol–water partition coefficient (Wildman–Crippen LogP) is 3.03. The Morgan fingerprint density at radius 2 is 1.94 bits per heavy atom. The molecule has 2 rings (SSSR count). The van der Waals surface area contributed by atoms with Crippen LogP contribution in [-0.2, 0) is 7.05 Å². The number of rotatable bonds is 2. The monoisotopic (exact) mass is 217 g/mol. The summed E-state index contributed by atoms with van der Waals surface area (Å²) in [6, 6.07) is 8.18. The Kier molecular flexibility index (Phi) is 2.62. The molecule has 0 saturated carbocycles. The highest BCUT2D eigenvalue weighted by Crippen LogP contribution is 2.19. The maximum atomic E-state index is 4.57. The van der Waals surface area contributed by atoms with Crippen LogP contribution >= 0.6 is 0 Å². The van der Waals surface area contributed by atoms with Crippen LogP contribution in [0.3, 0.4) is 0 Å². The van der Waals surface area contributed by atoms with Crippen molar-refractivity contribution in [1.29, 1.82) is 0 Å². The molecule has 16 heavy (non-hydrogen) atoms. The number of aromatic nitrogens is 2. The van der Waals surface area contributed by atoms with Gasteiger partial charge < -0.3 is 9.88 Å². The van der Waals surface area contributed by atoms with E-state index in [1.54, 1.807) is 0 Å². The lowest BCUT2D eigenvalue weighted by molar-refractivity contribution is 0.441. The number of anilines is 1. The number of imidazole rings is 1. The summed E-state index contributed by atoms with van der Waals surface area (Å²) in [5, 5.41) is 3.39. The topological polar surface area (TPSA) is 29.9 Å². The van der Waals surface area contributed by atoms with E-state index in [0.717, 1.165) is 18.0 Å². The first-order valence-electron chi connectivity index (χ1n) is 5.63. The fourth-order valence-corrected chi connectivity index (χ4v) is 1.65. The molecule has 0 aliphatic carbocycles. The lowest BCUT2D eigenvalue weighted by Gasteiger charge is -2.19. The minimum atomic E-state index is 0.262. The van der Waals surface area contributed by atoms with Crippen molar-refractivity contribution < 1.29 is 0 Å². The molecule has 1 aromatic carbocycles. The lowest BCUT2D eigenvalue weighted by atomic mass is 9.97. The van der Waals surface area contributed by atoms with Crippen LogP contribution in [-0.4, -0.2) is 16.1 Å². The van der Waals surface area contributed by atoms with Gasteiger partial charge in [0, 0.05) is 13.6 Å². The molecule has 1 N–H and O–H groups in total. The van der Waals surface area contributed by atoms with Gasteiger partial charge in [0.15, 0.2) is 0 Å². The Labute approximate surface area is 96.5 Å². The molecule has 0 saturated heterocycles. The highest BCUT2D eigenvalue weighted by molar-refractivity contribution is 5.78. The van der Waals surface area contributed by atoms with Gasteiger partial charge in [-0.1, -0.05) is 32.9 Å². The third-order valence-corrected chi connectivity index (χ3v) is 2.56. The first kappa shape index (κ1) is 11.0. The molecule has 1 aromatic heterocycles. The van der Waals surface area contributed by atoms with E-state index in [4.69, 9.17) is 0 Å². The maximum absolute atomic E-state index is 4.57. The summed E-state index contributed by atoms with van der Waals surface area (Å²) in [6.07, 6.45) is 0. The molecule has 0 amide bonds. The Morgan fingerprint density at radius 1 is 1.25 bits per heavy atom. The van der Waals surface area contributed by atoms with Gasteiger partial charge in [0.1, 0.15) is 0 Å². The van der Waals surface area contributed by atoms with E-state index in [2.05, 4.69) is 41.7 Å². The number of hydrogen-bond donors (Lipinski definition) is 1. The standard InChI is InChI=1S/C13H19N3/c1-13(2,3)9-14-12-15-10-7-5-6-8-11(10)16(12)4/h5-8H,9H2,1-4H3,(H,14,15). The molecule has 0 atom stereocenters.